The number of aromatic nitrogens is 2. The van der Waals surface area contributed by atoms with Crippen LogP contribution in [0.1, 0.15) is 24.8 Å². The Morgan fingerprint density at radius 1 is 1.12 bits per heavy atom. The Balaban J connectivity index is 1.78. The van der Waals surface area contributed by atoms with E-state index in [0.717, 1.165) is 16.9 Å². The zero-order valence-corrected chi connectivity index (χ0v) is 14.9. The van der Waals surface area contributed by atoms with Crippen LogP contribution in [0.2, 0.25) is 0 Å². The van der Waals surface area contributed by atoms with Gasteiger partial charge < -0.3 is 4.74 Å². The van der Waals surface area contributed by atoms with E-state index in [2.05, 4.69) is 15.5 Å². The third kappa shape index (κ3) is 3.85. The topological polar surface area (TPSA) is 64.1 Å². The van der Waals surface area contributed by atoms with Crippen molar-refractivity contribution in [3.05, 3.63) is 60.2 Å². The number of hydrogen-bond donors (Lipinski definition) is 1. The quantitative estimate of drug-likeness (QED) is 0.716. The van der Waals surface area contributed by atoms with E-state index in [-0.39, 0.29) is 11.8 Å². The summed E-state index contributed by atoms with van der Waals surface area (Å²) in [7, 11) is 1.62. The molecule has 0 aliphatic rings. The van der Waals surface area contributed by atoms with Gasteiger partial charge in [-0.2, -0.15) is 0 Å². The average Bonchev–Trinajstić information content (AvgIpc) is 3.11. The summed E-state index contributed by atoms with van der Waals surface area (Å²) >= 11 is 1.33. The first-order valence-corrected chi connectivity index (χ1v) is 8.87. The van der Waals surface area contributed by atoms with Crippen molar-refractivity contribution >= 4 is 22.4 Å². The van der Waals surface area contributed by atoms with Crippen LogP contribution in [0.25, 0.3) is 10.6 Å². The van der Waals surface area contributed by atoms with E-state index in [1.807, 2.05) is 61.5 Å². The highest BCUT2D eigenvalue weighted by Crippen LogP contribution is 2.33. The van der Waals surface area contributed by atoms with Gasteiger partial charge in [0.2, 0.25) is 11.0 Å². The maximum Gasteiger partial charge on any atom is 0.233 e. The molecule has 5 nitrogen and oxygen atoms in total. The van der Waals surface area contributed by atoms with Crippen molar-refractivity contribution in [1.29, 1.82) is 0 Å². The van der Waals surface area contributed by atoms with E-state index in [9.17, 15) is 4.79 Å². The monoisotopic (exact) mass is 353 g/mol. The van der Waals surface area contributed by atoms with E-state index in [0.29, 0.717) is 16.6 Å². The van der Waals surface area contributed by atoms with Crippen LogP contribution in [0.15, 0.2) is 54.6 Å². The number of rotatable bonds is 6. The van der Waals surface area contributed by atoms with Gasteiger partial charge in [-0.25, -0.2) is 0 Å². The van der Waals surface area contributed by atoms with Gasteiger partial charge in [-0.05, 0) is 24.1 Å². The molecule has 1 aromatic heterocycles. The van der Waals surface area contributed by atoms with E-state index >= 15 is 0 Å². The Kier molecular flexibility index (Phi) is 5.40. The second-order valence-electron chi connectivity index (χ2n) is 5.47. The molecule has 0 aliphatic heterocycles. The van der Waals surface area contributed by atoms with Crippen LogP contribution in [0.4, 0.5) is 5.13 Å². The van der Waals surface area contributed by atoms with Gasteiger partial charge in [0.15, 0.2) is 5.01 Å². The van der Waals surface area contributed by atoms with Gasteiger partial charge in [0.05, 0.1) is 18.6 Å². The molecule has 2 aromatic carbocycles. The number of benzene rings is 2. The SMILES string of the molecule is CCC(C(=O)Nc1nnc(-c2ccccc2OC)s1)c1ccccc1. The van der Waals surface area contributed by atoms with E-state index in [4.69, 9.17) is 4.74 Å². The maximum atomic E-state index is 12.6. The summed E-state index contributed by atoms with van der Waals surface area (Å²) in [5, 5.41) is 12.4. The lowest BCUT2D eigenvalue weighted by Crippen LogP contribution is -2.20. The fourth-order valence-corrected chi connectivity index (χ4v) is 3.43. The van der Waals surface area contributed by atoms with Crippen LogP contribution in [0.3, 0.4) is 0 Å². The molecular formula is C19H19N3O2S. The Labute approximate surface area is 150 Å². The first-order chi connectivity index (χ1) is 12.2. The van der Waals surface area contributed by atoms with E-state index < -0.39 is 0 Å². The molecular weight excluding hydrogens is 334 g/mol. The zero-order chi connectivity index (χ0) is 17.6. The minimum Gasteiger partial charge on any atom is -0.496 e. The lowest BCUT2D eigenvalue weighted by molar-refractivity contribution is -0.117. The maximum absolute atomic E-state index is 12.6. The smallest absolute Gasteiger partial charge is 0.233 e. The predicted octanol–water partition coefficient (Wildman–Crippen LogP) is 4.35. The molecule has 128 valence electrons. The van der Waals surface area contributed by atoms with Crippen molar-refractivity contribution in [3.8, 4) is 16.3 Å². The molecule has 25 heavy (non-hydrogen) atoms. The number of nitrogens with zero attached hydrogens (tertiary/aromatic N) is 2. The molecule has 1 heterocycles. The van der Waals surface area contributed by atoms with Crippen LogP contribution >= 0.6 is 11.3 Å². The molecule has 3 rings (SSSR count). The highest BCUT2D eigenvalue weighted by atomic mass is 32.1. The summed E-state index contributed by atoms with van der Waals surface area (Å²) in [5.41, 5.74) is 1.86. The van der Waals surface area contributed by atoms with Crippen LogP contribution in [-0.2, 0) is 4.79 Å². The number of carbonyl (C=O) groups excluding carboxylic acids is 1. The Hall–Kier alpha value is -2.73. The normalized spacial score (nSPS) is 11.8. The van der Waals surface area contributed by atoms with Gasteiger partial charge in [0.1, 0.15) is 5.75 Å². The molecule has 0 aliphatic carbocycles. The number of para-hydroxylation sites is 1. The zero-order valence-electron chi connectivity index (χ0n) is 14.1. The third-order valence-corrected chi connectivity index (χ3v) is 4.79. The summed E-state index contributed by atoms with van der Waals surface area (Å²) < 4.78 is 5.36. The number of anilines is 1. The van der Waals surface area contributed by atoms with Crippen LogP contribution in [-0.4, -0.2) is 23.2 Å². The molecule has 0 fully saturated rings. The van der Waals surface area contributed by atoms with Crippen LogP contribution in [0, 0.1) is 0 Å². The molecule has 1 unspecified atom stereocenters. The minimum absolute atomic E-state index is 0.0728. The molecule has 1 atom stereocenters. The molecule has 0 bridgehead atoms. The second kappa shape index (κ2) is 7.90. The summed E-state index contributed by atoms with van der Waals surface area (Å²) in [4.78, 5) is 12.6. The second-order valence-corrected chi connectivity index (χ2v) is 6.45. The predicted molar refractivity (Wildman–Crippen MR) is 100 cm³/mol. The van der Waals surface area contributed by atoms with Crippen molar-refractivity contribution in [2.75, 3.05) is 12.4 Å². The molecule has 6 heteroatoms. The summed E-state index contributed by atoms with van der Waals surface area (Å²) in [6.45, 7) is 2.00. The molecule has 1 N–H and O–H groups in total. The molecule has 1 amide bonds. The third-order valence-electron chi connectivity index (χ3n) is 3.92. The molecule has 0 saturated heterocycles. The number of nitrogens with one attached hydrogen (secondary N) is 1. The summed E-state index contributed by atoms with van der Waals surface area (Å²) in [5.74, 6) is 0.448. The van der Waals surface area contributed by atoms with Crippen molar-refractivity contribution in [3.63, 3.8) is 0 Å². The first kappa shape index (κ1) is 17.1. The lowest BCUT2D eigenvalue weighted by atomic mass is 9.96. The highest BCUT2D eigenvalue weighted by molar-refractivity contribution is 7.18. The molecule has 0 radical (unpaired) electrons. The van der Waals surface area contributed by atoms with Crippen LogP contribution < -0.4 is 10.1 Å². The summed E-state index contributed by atoms with van der Waals surface area (Å²) in [6, 6.07) is 17.4. The standard InChI is InChI=1S/C19H19N3O2S/c1-3-14(13-9-5-4-6-10-13)17(23)20-19-22-21-18(25-19)15-11-7-8-12-16(15)24-2/h4-12,14H,3H2,1-2H3,(H,20,22,23). The van der Waals surface area contributed by atoms with Gasteiger partial charge in [-0.1, -0.05) is 60.7 Å². The number of ether oxygens (including phenoxy) is 1. The Morgan fingerprint density at radius 2 is 1.84 bits per heavy atom. The van der Waals surface area contributed by atoms with E-state index in [1.165, 1.54) is 11.3 Å². The van der Waals surface area contributed by atoms with Crippen molar-refractivity contribution in [2.24, 2.45) is 0 Å². The molecule has 0 spiro atoms. The summed E-state index contributed by atoms with van der Waals surface area (Å²) in [6.07, 6.45) is 0.716. The van der Waals surface area contributed by atoms with Crippen LogP contribution in [0.5, 0.6) is 5.75 Å². The van der Waals surface area contributed by atoms with Crippen molar-refractivity contribution in [1.82, 2.24) is 10.2 Å². The largest absolute Gasteiger partial charge is 0.496 e. The lowest BCUT2D eigenvalue weighted by Gasteiger charge is -2.13. The van der Waals surface area contributed by atoms with Gasteiger partial charge in [0, 0.05) is 0 Å². The fraction of sp³-hybridized carbons (Fsp3) is 0.211. The Morgan fingerprint density at radius 3 is 2.56 bits per heavy atom. The first-order valence-electron chi connectivity index (χ1n) is 8.05. The number of hydrogen-bond acceptors (Lipinski definition) is 5. The van der Waals surface area contributed by atoms with Gasteiger partial charge in [-0.3, -0.25) is 10.1 Å². The number of carbonyl (C=O) groups is 1. The highest BCUT2D eigenvalue weighted by Gasteiger charge is 2.20. The van der Waals surface area contributed by atoms with Gasteiger partial charge in [0.25, 0.3) is 0 Å². The number of amides is 1. The minimum atomic E-state index is -0.209. The van der Waals surface area contributed by atoms with Crippen molar-refractivity contribution in [2.45, 2.75) is 19.3 Å². The fourth-order valence-electron chi connectivity index (χ4n) is 2.65. The van der Waals surface area contributed by atoms with Crippen molar-refractivity contribution < 1.29 is 9.53 Å². The van der Waals surface area contributed by atoms with E-state index in [1.54, 1.807) is 7.11 Å². The number of methoxy groups -OCH3 is 1. The van der Waals surface area contributed by atoms with Gasteiger partial charge >= 0.3 is 0 Å². The average molecular weight is 353 g/mol. The Bertz CT molecular complexity index is 849. The van der Waals surface area contributed by atoms with Gasteiger partial charge in [-0.15, -0.1) is 10.2 Å². The molecule has 0 saturated carbocycles. The molecule has 3 aromatic rings.